The Labute approximate surface area is 141 Å². The number of rotatable bonds is 5. The highest BCUT2D eigenvalue weighted by Gasteiger charge is 2.18. The molecule has 0 amide bonds. The molecule has 6 nitrogen and oxygen atoms in total. The zero-order chi connectivity index (χ0) is 16.6. The minimum Gasteiger partial charge on any atom is -0.309 e. The largest absolute Gasteiger partial charge is 0.309 e. The number of thioether (sulfide) groups is 1. The van der Waals surface area contributed by atoms with E-state index in [4.69, 9.17) is 0 Å². The standard InChI is InChI=1S/C15H17N5OS2/c1-5-6-20-7-16-19-15(20)23-10(4)12-17-13(21)11-8(2)9(3)22-14(11)18-12/h5,7,10H,1,6H2,2-4H3,(H,17,18,21). The van der Waals surface area contributed by atoms with Gasteiger partial charge in [0.25, 0.3) is 5.56 Å². The van der Waals surface area contributed by atoms with Crippen molar-refractivity contribution in [2.45, 2.75) is 37.7 Å². The fourth-order valence-corrected chi connectivity index (χ4v) is 4.21. The lowest BCUT2D eigenvalue weighted by atomic mass is 10.2. The first-order chi connectivity index (χ1) is 11.0. The number of thiophene rings is 1. The molecule has 0 radical (unpaired) electrons. The SMILES string of the molecule is C=CCn1cnnc1SC(C)c1nc2sc(C)c(C)c2c(=O)[nH]1. The predicted molar refractivity (Wildman–Crippen MR) is 94.2 cm³/mol. The van der Waals surface area contributed by atoms with E-state index in [0.717, 1.165) is 20.4 Å². The second kappa shape index (κ2) is 6.29. The number of aromatic amines is 1. The summed E-state index contributed by atoms with van der Waals surface area (Å²) in [7, 11) is 0. The summed E-state index contributed by atoms with van der Waals surface area (Å²) in [6.07, 6.45) is 3.46. The summed E-state index contributed by atoms with van der Waals surface area (Å²) in [6, 6.07) is 0. The zero-order valence-electron chi connectivity index (χ0n) is 13.2. The van der Waals surface area contributed by atoms with Crippen LogP contribution in [0, 0.1) is 13.8 Å². The maximum absolute atomic E-state index is 12.4. The second-order valence-electron chi connectivity index (χ2n) is 5.23. The maximum atomic E-state index is 12.4. The van der Waals surface area contributed by atoms with Gasteiger partial charge in [-0.25, -0.2) is 4.98 Å². The molecule has 3 aromatic heterocycles. The molecular weight excluding hydrogens is 330 g/mol. The number of nitrogens with one attached hydrogen (secondary N) is 1. The van der Waals surface area contributed by atoms with Crippen molar-refractivity contribution in [3.63, 3.8) is 0 Å². The number of hydrogen-bond donors (Lipinski definition) is 1. The van der Waals surface area contributed by atoms with Crippen LogP contribution in [0.5, 0.6) is 0 Å². The van der Waals surface area contributed by atoms with Crippen molar-refractivity contribution in [1.29, 1.82) is 0 Å². The molecule has 0 saturated heterocycles. The van der Waals surface area contributed by atoms with E-state index in [-0.39, 0.29) is 10.8 Å². The smallest absolute Gasteiger partial charge is 0.259 e. The van der Waals surface area contributed by atoms with Crippen LogP contribution in [0.2, 0.25) is 0 Å². The monoisotopic (exact) mass is 347 g/mol. The van der Waals surface area contributed by atoms with Crippen molar-refractivity contribution in [3.05, 3.63) is 45.6 Å². The average Bonchev–Trinajstić information content (AvgIpc) is 3.05. The van der Waals surface area contributed by atoms with Crippen LogP contribution in [0.1, 0.15) is 28.4 Å². The molecule has 0 spiro atoms. The molecule has 3 rings (SSSR count). The topological polar surface area (TPSA) is 76.5 Å². The number of H-pyrrole nitrogens is 1. The van der Waals surface area contributed by atoms with Gasteiger partial charge >= 0.3 is 0 Å². The highest BCUT2D eigenvalue weighted by molar-refractivity contribution is 7.99. The molecule has 120 valence electrons. The highest BCUT2D eigenvalue weighted by atomic mass is 32.2. The van der Waals surface area contributed by atoms with Gasteiger partial charge < -0.3 is 9.55 Å². The minimum atomic E-state index is -0.0770. The Balaban J connectivity index is 1.95. The van der Waals surface area contributed by atoms with Crippen molar-refractivity contribution in [2.24, 2.45) is 0 Å². The molecule has 0 fully saturated rings. The van der Waals surface area contributed by atoms with Gasteiger partial charge in [-0.1, -0.05) is 17.8 Å². The number of fused-ring (bicyclic) bond motifs is 1. The van der Waals surface area contributed by atoms with Gasteiger partial charge in [-0.05, 0) is 26.3 Å². The predicted octanol–water partition coefficient (Wildman–Crippen LogP) is 3.23. The van der Waals surface area contributed by atoms with Crippen LogP contribution >= 0.6 is 23.1 Å². The quantitative estimate of drug-likeness (QED) is 0.566. The molecular formula is C15H17N5OS2. The Bertz CT molecular complexity index is 924. The van der Waals surface area contributed by atoms with Gasteiger partial charge in [-0.3, -0.25) is 4.79 Å². The Morgan fingerprint density at radius 3 is 3.04 bits per heavy atom. The third kappa shape index (κ3) is 2.96. The molecule has 0 aliphatic carbocycles. The van der Waals surface area contributed by atoms with Crippen LogP contribution in [0.25, 0.3) is 10.2 Å². The zero-order valence-corrected chi connectivity index (χ0v) is 14.8. The van der Waals surface area contributed by atoms with E-state index in [1.54, 1.807) is 23.7 Å². The first-order valence-electron chi connectivity index (χ1n) is 7.16. The van der Waals surface area contributed by atoms with Crippen LogP contribution in [0.4, 0.5) is 0 Å². The van der Waals surface area contributed by atoms with Crippen molar-refractivity contribution in [1.82, 2.24) is 24.7 Å². The van der Waals surface area contributed by atoms with E-state index in [0.29, 0.717) is 17.8 Å². The van der Waals surface area contributed by atoms with Gasteiger partial charge in [0.05, 0.1) is 10.6 Å². The molecule has 3 aromatic rings. The molecule has 0 aliphatic heterocycles. The second-order valence-corrected chi connectivity index (χ2v) is 7.74. The van der Waals surface area contributed by atoms with Crippen LogP contribution in [-0.4, -0.2) is 24.7 Å². The fourth-order valence-electron chi connectivity index (χ4n) is 2.28. The van der Waals surface area contributed by atoms with E-state index >= 15 is 0 Å². The normalized spacial score (nSPS) is 12.7. The van der Waals surface area contributed by atoms with Gasteiger partial charge in [-0.15, -0.1) is 28.1 Å². The summed E-state index contributed by atoms with van der Waals surface area (Å²) < 4.78 is 1.91. The van der Waals surface area contributed by atoms with Crippen molar-refractivity contribution < 1.29 is 0 Å². The van der Waals surface area contributed by atoms with Crippen LogP contribution in [0.15, 0.2) is 28.9 Å². The van der Waals surface area contributed by atoms with Crippen LogP contribution in [-0.2, 0) is 6.54 Å². The molecule has 8 heteroatoms. The van der Waals surface area contributed by atoms with E-state index < -0.39 is 0 Å². The Hall–Kier alpha value is -1.93. The molecule has 3 heterocycles. The summed E-state index contributed by atoms with van der Waals surface area (Å²) in [5, 5.41) is 9.47. The van der Waals surface area contributed by atoms with Gasteiger partial charge in [0, 0.05) is 11.4 Å². The molecule has 1 unspecified atom stereocenters. The van der Waals surface area contributed by atoms with E-state index in [1.165, 1.54) is 11.8 Å². The summed E-state index contributed by atoms with van der Waals surface area (Å²) >= 11 is 3.07. The van der Waals surface area contributed by atoms with Crippen molar-refractivity contribution in [2.75, 3.05) is 0 Å². The summed E-state index contributed by atoms with van der Waals surface area (Å²) in [5.74, 6) is 0.655. The van der Waals surface area contributed by atoms with E-state index in [1.807, 2.05) is 25.3 Å². The van der Waals surface area contributed by atoms with Gasteiger partial charge in [-0.2, -0.15) is 0 Å². The Morgan fingerprint density at radius 1 is 1.52 bits per heavy atom. The molecule has 1 atom stereocenters. The van der Waals surface area contributed by atoms with Gasteiger partial charge in [0.15, 0.2) is 5.16 Å². The van der Waals surface area contributed by atoms with Gasteiger partial charge in [0.2, 0.25) is 0 Å². The van der Waals surface area contributed by atoms with Crippen LogP contribution < -0.4 is 5.56 Å². The molecule has 1 N–H and O–H groups in total. The third-order valence-corrected chi connectivity index (χ3v) is 5.84. The first kappa shape index (κ1) is 15.9. The number of aryl methyl sites for hydroxylation is 2. The summed E-state index contributed by atoms with van der Waals surface area (Å²) in [4.78, 5) is 21.8. The average molecular weight is 347 g/mol. The number of nitrogens with zero attached hydrogens (tertiary/aromatic N) is 4. The Morgan fingerprint density at radius 2 is 2.30 bits per heavy atom. The van der Waals surface area contributed by atoms with Crippen molar-refractivity contribution >= 4 is 33.3 Å². The first-order valence-corrected chi connectivity index (χ1v) is 8.86. The minimum absolute atomic E-state index is 0.0393. The molecule has 0 aliphatic rings. The lowest BCUT2D eigenvalue weighted by molar-refractivity contribution is 0.721. The Kier molecular flexibility index (Phi) is 4.36. The maximum Gasteiger partial charge on any atom is 0.259 e. The van der Waals surface area contributed by atoms with Gasteiger partial charge in [0.1, 0.15) is 17.0 Å². The van der Waals surface area contributed by atoms with Crippen molar-refractivity contribution in [3.8, 4) is 0 Å². The molecule has 0 aromatic carbocycles. The highest BCUT2D eigenvalue weighted by Crippen LogP contribution is 2.33. The number of hydrogen-bond acceptors (Lipinski definition) is 6. The molecule has 0 bridgehead atoms. The number of allylic oxidation sites excluding steroid dienone is 1. The lowest BCUT2D eigenvalue weighted by Gasteiger charge is -2.10. The van der Waals surface area contributed by atoms with E-state index in [2.05, 4.69) is 26.7 Å². The fraction of sp³-hybridized carbons (Fsp3) is 0.333. The summed E-state index contributed by atoms with van der Waals surface area (Å²) in [5.41, 5.74) is 0.934. The van der Waals surface area contributed by atoms with Crippen LogP contribution in [0.3, 0.4) is 0 Å². The lowest BCUT2D eigenvalue weighted by Crippen LogP contribution is -2.12. The number of aromatic nitrogens is 5. The third-order valence-electron chi connectivity index (χ3n) is 3.63. The molecule has 23 heavy (non-hydrogen) atoms. The van der Waals surface area contributed by atoms with E-state index in [9.17, 15) is 4.79 Å². The summed E-state index contributed by atoms with van der Waals surface area (Å²) in [6.45, 7) is 10.3. The molecule has 0 saturated carbocycles.